The van der Waals surface area contributed by atoms with Gasteiger partial charge >= 0.3 is 6.18 Å². The number of benzene rings is 1. The van der Waals surface area contributed by atoms with Gasteiger partial charge in [-0.3, -0.25) is 4.99 Å². The van der Waals surface area contributed by atoms with Crippen LogP contribution in [-0.2, 0) is 6.54 Å². The fraction of sp³-hybridized carbons (Fsp3) is 0.462. The summed E-state index contributed by atoms with van der Waals surface area (Å²) in [5, 5.41) is 3.12. The van der Waals surface area contributed by atoms with Crippen LogP contribution in [0.3, 0.4) is 0 Å². The van der Waals surface area contributed by atoms with Crippen LogP contribution in [0.1, 0.15) is 5.56 Å². The fourth-order valence-corrected chi connectivity index (χ4v) is 1.49. The van der Waals surface area contributed by atoms with E-state index in [1.54, 1.807) is 19.2 Å². The van der Waals surface area contributed by atoms with Crippen LogP contribution in [0.5, 0.6) is 5.75 Å². The van der Waals surface area contributed by atoms with Crippen molar-refractivity contribution in [3.8, 4) is 5.75 Å². The number of aliphatic imine (C=N–C) groups is 1. The zero-order chi connectivity index (χ0) is 15.2. The van der Waals surface area contributed by atoms with E-state index in [1.165, 1.54) is 12.1 Å². The molecular formula is C13H19F3IN3O. The molecule has 1 rings (SSSR count). The molecule has 1 aromatic carbocycles. The fourth-order valence-electron chi connectivity index (χ4n) is 1.49. The van der Waals surface area contributed by atoms with Gasteiger partial charge in [-0.25, -0.2) is 0 Å². The van der Waals surface area contributed by atoms with E-state index in [2.05, 4.69) is 15.0 Å². The Morgan fingerprint density at radius 3 is 2.24 bits per heavy atom. The number of ether oxygens (including phenoxy) is 1. The minimum absolute atomic E-state index is 0. The average molecular weight is 417 g/mol. The van der Waals surface area contributed by atoms with E-state index in [-0.39, 0.29) is 29.7 Å². The minimum Gasteiger partial charge on any atom is -0.484 e. The van der Waals surface area contributed by atoms with Gasteiger partial charge in [0, 0.05) is 27.7 Å². The van der Waals surface area contributed by atoms with Crippen LogP contribution in [-0.4, -0.2) is 44.8 Å². The Bertz CT molecular complexity index is 447. The van der Waals surface area contributed by atoms with Crippen molar-refractivity contribution in [2.24, 2.45) is 4.99 Å². The molecule has 4 nitrogen and oxygen atoms in total. The summed E-state index contributed by atoms with van der Waals surface area (Å²) in [6, 6.07) is 6.45. The lowest BCUT2D eigenvalue weighted by Gasteiger charge is -2.17. The third-order valence-corrected chi connectivity index (χ3v) is 2.41. The molecule has 0 spiro atoms. The standard InChI is InChI=1S/C13H18F3N3O.HI/c1-17-12(19(2)3)18-8-10-4-6-11(7-5-10)20-9-13(14,15)16;/h4-7H,8-9H2,1-3H3,(H,17,18);1H. The highest BCUT2D eigenvalue weighted by Gasteiger charge is 2.28. The summed E-state index contributed by atoms with van der Waals surface area (Å²) < 4.78 is 40.6. The van der Waals surface area contributed by atoms with Gasteiger partial charge in [0.05, 0.1) is 0 Å². The molecule has 0 radical (unpaired) electrons. The van der Waals surface area contributed by atoms with E-state index in [0.29, 0.717) is 6.54 Å². The zero-order valence-corrected chi connectivity index (χ0v) is 14.4. The molecule has 1 N–H and O–H groups in total. The molecule has 0 atom stereocenters. The highest BCUT2D eigenvalue weighted by Crippen LogP contribution is 2.18. The topological polar surface area (TPSA) is 36.9 Å². The Morgan fingerprint density at radius 1 is 1.24 bits per heavy atom. The van der Waals surface area contributed by atoms with E-state index in [4.69, 9.17) is 0 Å². The third-order valence-electron chi connectivity index (χ3n) is 2.41. The molecular weight excluding hydrogens is 398 g/mol. The monoisotopic (exact) mass is 417 g/mol. The van der Waals surface area contributed by atoms with E-state index < -0.39 is 12.8 Å². The van der Waals surface area contributed by atoms with Crippen LogP contribution in [0.25, 0.3) is 0 Å². The van der Waals surface area contributed by atoms with Gasteiger partial charge < -0.3 is 15.0 Å². The first-order chi connectivity index (χ1) is 9.31. The van der Waals surface area contributed by atoms with Crippen LogP contribution in [0.4, 0.5) is 13.2 Å². The van der Waals surface area contributed by atoms with Gasteiger partial charge in [-0.05, 0) is 17.7 Å². The quantitative estimate of drug-likeness (QED) is 0.465. The number of guanidine groups is 1. The van der Waals surface area contributed by atoms with Crippen LogP contribution >= 0.6 is 24.0 Å². The summed E-state index contributed by atoms with van der Waals surface area (Å²) in [6.07, 6.45) is -4.32. The first kappa shape index (κ1) is 19.8. The molecule has 0 aliphatic rings. The highest BCUT2D eigenvalue weighted by molar-refractivity contribution is 14.0. The van der Waals surface area contributed by atoms with Crippen molar-refractivity contribution in [2.45, 2.75) is 12.7 Å². The summed E-state index contributed by atoms with van der Waals surface area (Å²) >= 11 is 0. The molecule has 0 saturated heterocycles. The number of nitrogens with zero attached hydrogens (tertiary/aromatic N) is 2. The SMILES string of the molecule is CN=C(NCc1ccc(OCC(F)(F)F)cc1)N(C)C.I. The largest absolute Gasteiger partial charge is 0.484 e. The molecule has 0 fully saturated rings. The average Bonchev–Trinajstić information content (AvgIpc) is 2.37. The van der Waals surface area contributed by atoms with Crippen LogP contribution in [0, 0.1) is 0 Å². The predicted molar refractivity (Wildman–Crippen MR) is 87.3 cm³/mol. The van der Waals surface area contributed by atoms with Gasteiger partial charge in [-0.15, -0.1) is 24.0 Å². The van der Waals surface area contributed by atoms with E-state index in [9.17, 15) is 13.2 Å². The predicted octanol–water partition coefficient (Wildman–Crippen LogP) is 2.88. The molecule has 0 aromatic heterocycles. The molecule has 0 unspecified atom stereocenters. The Kier molecular flexibility index (Phi) is 8.45. The van der Waals surface area contributed by atoms with Gasteiger partial charge in [0.15, 0.2) is 12.6 Å². The van der Waals surface area contributed by atoms with Crippen molar-refractivity contribution in [3.05, 3.63) is 29.8 Å². The van der Waals surface area contributed by atoms with Gasteiger partial charge in [0.1, 0.15) is 5.75 Å². The molecule has 8 heteroatoms. The summed E-state index contributed by atoms with van der Waals surface area (Å²) in [5.41, 5.74) is 0.923. The first-order valence-electron chi connectivity index (χ1n) is 5.98. The molecule has 0 saturated carbocycles. The Morgan fingerprint density at radius 2 is 1.81 bits per heavy atom. The van der Waals surface area contributed by atoms with E-state index >= 15 is 0 Å². The number of hydrogen-bond acceptors (Lipinski definition) is 2. The van der Waals surface area contributed by atoms with Crippen molar-refractivity contribution >= 4 is 29.9 Å². The molecule has 0 bridgehead atoms. The number of halogens is 4. The number of rotatable bonds is 4. The molecule has 0 heterocycles. The van der Waals surface area contributed by atoms with Crippen molar-refractivity contribution < 1.29 is 17.9 Å². The normalized spacial score (nSPS) is 11.6. The smallest absolute Gasteiger partial charge is 0.422 e. The maximum Gasteiger partial charge on any atom is 0.422 e. The Labute approximate surface area is 139 Å². The number of nitrogens with one attached hydrogen (secondary N) is 1. The van der Waals surface area contributed by atoms with Crippen molar-refractivity contribution in [2.75, 3.05) is 27.7 Å². The third kappa shape index (κ3) is 7.98. The van der Waals surface area contributed by atoms with Gasteiger partial charge in [0.2, 0.25) is 0 Å². The van der Waals surface area contributed by atoms with Crippen LogP contribution in [0.2, 0.25) is 0 Å². The zero-order valence-electron chi connectivity index (χ0n) is 12.1. The lowest BCUT2D eigenvalue weighted by molar-refractivity contribution is -0.153. The number of hydrogen-bond donors (Lipinski definition) is 1. The molecule has 120 valence electrons. The van der Waals surface area contributed by atoms with Crippen LogP contribution in [0.15, 0.2) is 29.3 Å². The lowest BCUT2D eigenvalue weighted by Crippen LogP contribution is -2.35. The minimum atomic E-state index is -4.32. The lowest BCUT2D eigenvalue weighted by atomic mass is 10.2. The van der Waals surface area contributed by atoms with Gasteiger partial charge in [0.25, 0.3) is 0 Å². The first-order valence-corrected chi connectivity index (χ1v) is 5.98. The summed E-state index contributed by atoms with van der Waals surface area (Å²) in [5.74, 6) is 0.922. The van der Waals surface area contributed by atoms with Gasteiger partial charge in [-0.2, -0.15) is 13.2 Å². The molecule has 1 aromatic rings. The Balaban J connectivity index is 0.00000400. The second-order valence-corrected chi connectivity index (χ2v) is 4.34. The maximum absolute atomic E-state index is 12.0. The maximum atomic E-state index is 12.0. The molecule has 0 amide bonds. The highest BCUT2D eigenvalue weighted by atomic mass is 127. The van der Waals surface area contributed by atoms with Crippen molar-refractivity contribution in [1.29, 1.82) is 0 Å². The van der Waals surface area contributed by atoms with Crippen LogP contribution < -0.4 is 10.1 Å². The molecule has 0 aliphatic carbocycles. The summed E-state index contributed by atoms with van der Waals surface area (Å²) in [7, 11) is 5.41. The summed E-state index contributed by atoms with van der Waals surface area (Å²) in [6.45, 7) is -0.748. The second kappa shape index (κ2) is 8.96. The Hall–Kier alpha value is -1.19. The van der Waals surface area contributed by atoms with Crippen molar-refractivity contribution in [3.63, 3.8) is 0 Å². The second-order valence-electron chi connectivity index (χ2n) is 4.34. The van der Waals surface area contributed by atoms with E-state index in [1.807, 2.05) is 19.0 Å². The molecule has 0 aliphatic heterocycles. The number of alkyl halides is 3. The van der Waals surface area contributed by atoms with E-state index in [0.717, 1.165) is 11.5 Å². The van der Waals surface area contributed by atoms with Gasteiger partial charge in [-0.1, -0.05) is 12.1 Å². The summed E-state index contributed by atoms with van der Waals surface area (Å²) in [4.78, 5) is 5.89. The van der Waals surface area contributed by atoms with Crippen molar-refractivity contribution in [1.82, 2.24) is 10.2 Å². The molecule has 21 heavy (non-hydrogen) atoms.